The lowest BCUT2D eigenvalue weighted by Gasteiger charge is -2.11. The van der Waals surface area contributed by atoms with Crippen LogP contribution in [0, 0.1) is 0 Å². The van der Waals surface area contributed by atoms with Crippen LogP contribution in [0.15, 0.2) is 147 Å². The molecule has 0 aliphatic rings. The average molecular weight is 566 g/mol. The van der Waals surface area contributed by atoms with E-state index in [9.17, 15) is 0 Å². The Kier molecular flexibility index (Phi) is 4.69. The molecule has 0 fully saturated rings. The fourth-order valence-electron chi connectivity index (χ4n) is 6.75. The third-order valence-corrected chi connectivity index (χ3v) is 8.83. The minimum absolute atomic E-state index is 0.847. The van der Waals surface area contributed by atoms with E-state index in [2.05, 4.69) is 108 Å². The van der Waals surface area contributed by atoms with Gasteiger partial charge in [-0.3, -0.25) is 0 Å². The molecule has 3 heterocycles. The van der Waals surface area contributed by atoms with Crippen molar-refractivity contribution in [3.8, 4) is 11.1 Å². The fraction of sp³-hybridized carbons (Fsp3) is 0. The van der Waals surface area contributed by atoms with Crippen LogP contribution < -0.4 is 5.32 Å². The maximum atomic E-state index is 6.56. The summed E-state index contributed by atoms with van der Waals surface area (Å²) in [4.78, 5) is 0. The van der Waals surface area contributed by atoms with E-state index in [4.69, 9.17) is 13.3 Å². The molecule has 0 bridgehead atoms. The van der Waals surface area contributed by atoms with Gasteiger partial charge in [-0.15, -0.1) is 0 Å². The molecule has 44 heavy (non-hydrogen) atoms. The van der Waals surface area contributed by atoms with Crippen LogP contribution in [-0.4, -0.2) is 0 Å². The molecule has 0 radical (unpaired) electrons. The van der Waals surface area contributed by atoms with Crippen molar-refractivity contribution in [2.75, 3.05) is 5.32 Å². The topological polar surface area (TPSA) is 51.5 Å². The molecule has 4 heteroatoms. The maximum absolute atomic E-state index is 6.56. The number of rotatable bonds is 3. The largest absolute Gasteiger partial charge is 0.456 e. The number of para-hydroxylation sites is 2. The second-order valence-electron chi connectivity index (χ2n) is 11.4. The summed E-state index contributed by atoms with van der Waals surface area (Å²) in [5, 5.41) is 12.6. The van der Waals surface area contributed by atoms with E-state index in [1.807, 2.05) is 30.3 Å². The Balaban J connectivity index is 1.13. The van der Waals surface area contributed by atoms with Crippen molar-refractivity contribution in [2.24, 2.45) is 0 Å². The Bertz CT molecular complexity index is 2760. The van der Waals surface area contributed by atoms with Gasteiger partial charge < -0.3 is 18.6 Å². The highest BCUT2D eigenvalue weighted by atomic mass is 16.3. The lowest BCUT2D eigenvalue weighted by molar-refractivity contribution is 0.668. The van der Waals surface area contributed by atoms with E-state index in [1.54, 1.807) is 0 Å². The van der Waals surface area contributed by atoms with E-state index in [-0.39, 0.29) is 0 Å². The summed E-state index contributed by atoms with van der Waals surface area (Å²) < 4.78 is 19.0. The summed E-state index contributed by atoms with van der Waals surface area (Å²) in [6.07, 6.45) is 0. The van der Waals surface area contributed by atoms with Crippen LogP contribution in [0.5, 0.6) is 0 Å². The van der Waals surface area contributed by atoms with Gasteiger partial charge in [0, 0.05) is 44.2 Å². The van der Waals surface area contributed by atoms with Crippen LogP contribution in [0.25, 0.3) is 87.7 Å². The first-order valence-electron chi connectivity index (χ1n) is 14.7. The summed E-state index contributed by atoms with van der Waals surface area (Å²) in [5.41, 5.74) is 9.26. The zero-order valence-corrected chi connectivity index (χ0v) is 23.4. The van der Waals surface area contributed by atoms with E-state index in [0.717, 1.165) is 88.3 Å². The Hall–Kier alpha value is -6.00. The molecule has 0 amide bonds. The molecule has 0 atom stereocenters. The molecule has 4 nitrogen and oxygen atoms in total. The quantitative estimate of drug-likeness (QED) is 0.231. The van der Waals surface area contributed by atoms with Crippen LogP contribution in [0.3, 0.4) is 0 Å². The Labute approximate surface area is 250 Å². The number of benzene rings is 7. The molecule has 1 N–H and O–H groups in total. The van der Waals surface area contributed by atoms with Gasteiger partial charge in [0.15, 0.2) is 0 Å². The van der Waals surface area contributed by atoms with Gasteiger partial charge in [0.1, 0.15) is 33.5 Å². The van der Waals surface area contributed by atoms with Crippen LogP contribution in [0.4, 0.5) is 11.4 Å². The summed E-state index contributed by atoms with van der Waals surface area (Å²) in [7, 11) is 0. The lowest BCUT2D eigenvalue weighted by Crippen LogP contribution is -1.92. The molecule has 0 aliphatic carbocycles. The van der Waals surface area contributed by atoms with Gasteiger partial charge in [0.05, 0.1) is 11.1 Å². The van der Waals surface area contributed by atoms with Gasteiger partial charge >= 0.3 is 0 Å². The van der Waals surface area contributed by atoms with Gasteiger partial charge in [-0.1, -0.05) is 66.7 Å². The van der Waals surface area contributed by atoms with E-state index < -0.39 is 0 Å². The number of nitrogens with one attached hydrogen (secondary N) is 1. The zero-order chi connectivity index (χ0) is 28.8. The third kappa shape index (κ3) is 3.39. The van der Waals surface area contributed by atoms with Crippen molar-refractivity contribution in [2.45, 2.75) is 0 Å². The standard InChI is InChI=1S/C40H23NO3/c1-2-8-24-21-37-32(19-23(24)7-1)29-15-14-26(22-38(29)43-37)41-33-17-16-27(40-39(33)30-10-4-6-12-35(30)44-40)25-13-18-36-31(20-25)28-9-3-5-11-34(28)42-36/h1-22,41H. The summed E-state index contributed by atoms with van der Waals surface area (Å²) in [5.74, 6) is 0. The predicted molar refractivity (Wildman–Crippen MR) is 181 cm³/mol. The average Bonchev–Trinajstić information content (AvgIpc) is 3.74. The molecule has 7 aromatic carbocycles. The smallest absolute Gasteiger partial charge is 0.145 e. The third-order valence-electron chi connectivity index (χ3n) is 8.83. The number of furan rings is 3. The molecule has 0 spiro atoms. The molecule has 0 saturated heterocycles. The lowest BCUT2D eigenvalue weighted by atomic mass is 9.99. The minimum Gasteiger partial charge on any atom is -0.456 e. The van der Waals surface area contributed by atoms with E-state index in [1.165, 1.54) is 10.8 Å². The Morgan fingerprint density at radius 3 is 1.95 bits per heavy atom. The molecule has 3 aromatic heterocycles. The highest BCUT2D eigenvalue weighted by Crippen LogP contribution is 2.43. The first-order valence-corrected chi connectivity index (χ1v) is 14.7. The molecular formula is C40H23NO3. The SMILES string of the molecule is c1ccc2cc3c(cc2c1)oc1cc(Nc2ccc(-c4ccc5oc6ccccc6c5c4)c4oc5ccccc5c24)ccc13. The first-order chi connectivity index (χ1) is 21.8. The van der Waals surface area contributed by atoms with Crippen molar-refractivity contribution in [1.29, 1.82) is 0 Å². The van der Waals surface area contributed by atoms with Crippen molar-refractivity contribution < 1.29 is 13.3 Å². The van der Waals surface area contributed by atoms with Crippen LogP contribution in [-0.2, 0) is 0 Å². The monoisotopic (exact) mass is 565 g/mol. The van der Waals surface area contributed by atoms with Crippen molar-refractivity contribution in [3.63, 3.8) is 0 Å². The number of fused-ring (bicyclic) bond motifs is 10. The predicted octanol–water partition coefficient (Wildman–Crippen LogP) is 11.9. The highest BCUT2D eigenvalue weighted by molar-refractivity contribution is 6.17. The molecule has 0 unspecified atom stereocenters. The fourth-order valence-corrected chi connectivity index (χ4v) is 6.75. The zero-order valence-electron chi connectivity index (χ0n) is 23.4. The minimum atomic E-state index is 0.847. The summed E-state index contributed by atoms with van der Waals surface area (Å²) in [6, 6.07) is 46.1. The molecule has 10 aromatic rings. The second kappa shape index (κ2) is 8.76. The molecular weight excluding hydrogens is 542 g/mol. The molecule has 0 aliphatic heterocycles. The number of hydrogen-bond acceptors (Lipinski definition) is 4. The molecule has 0 saturated carbocycles. The highest BCUT2D eigenvalue weighted by Gasteiger charge is 2.18. The second-order valence-corrected chi connectivity index (χ2v) is 11.4. The first kappa shape index (κ1) is 23.6. The summed E-state index contributed by atoms with van der Waals surface area (Å²) >= 11 is 0. The number of hydrogen-bond donors (Lipinski definition) is 1. The Morgan fingerprint density at radius 2 is 1.07 bits per heavy atom. The van der Waals surface area contributed by atoms with Gasteiger partial charge in [-0.2, -0.15) is 0 Å². The number of anilines is 2. The van der Waals surface area contributed by atoms with E-state index in [0.29, 0.717) is 0 Å². The van der Waals surface area contributed by atoms with Gasteiger partial charge in [-0.25, -0.2) is 0 Å². The van der Waals surface area contributed by atoms with Gasteiger partial charge in [0.25, 0.3) is 0 Å². The normalized spacial score (nSPS) is 12.1. The molecule has 206 valence electrons. The van der Waals surface area contributed by atoms with Crippen molar-refractivity contribution in [1.82, 2.24) is 0 Å². The van der Waals surface area contributed by atoms with Crippen molar-refractivity contribution in [3.05, 3.63) is 133 Å². The Morgan fingerprint density at radius 1 is 0.409 bits per heavy atom. The van der Waals surface area contributed by atoms with Crippen LogP contribution in [0.2, 0.25) is 0 Å². The van der Waals surface area contributed by atoms with Crippen LogP contribution in [0.1, 0.15) is 0 Å². The van der Waals surface area contributed by atoms with Crippen LogP contribution >= 0.6 is 0 Å². The van der Waals surface area contributed by atoms with Gasteiger partial charge in [-0.05, 0) is 77.0 Å². The maximum Gasteiger partial charge on any atom is 0.145 e. The molecule has 10 rings (SSSR count). The van der Waals surface area contributed by atoms with Gasteiger partial charge in [0.2, 0.25) is 0 Å². The summed E-state index contributed by atoms with van der Waals surface area (Å²) in [6.45, 7) is 0. The van der Waals surface area contributed by atoms with E-state index >= 15 is 0 Å². The van der Waals surface area contributed by atoms with Crippen molar-refractivity contribution >= 4 is 88.0 Å².